The Kier molecular flexibility index (Phi) is 7.04. The number of nitrogens with one attached hydrogen (secondary N) is 3. The summed E-state index contributed by atoms with van der Waals surface area (Å²) in [5.74, 6) is -0.752. The van der Waals surface area contributed by atoms with Crippen LogP contribution in [0.15, 0.2) is 29.1 Å². The number of ether oxygens (including phenoxy) is 1. The number of urea groups is 1. The van der Waals surface area contributed by atoms with Gasteiger partial charge in [0.05, 0.1) is 17.3 Å². The number of esters is 1. The number of aromatic amines is 1. The molecular formula is C18H22N4O5. The van der Waals surface area contributed by atoms with Gasteiger partial charge in [-0.05, 0) is 18.1 Å². The number of nitrogens with zero attached hydrogens (tertiary/aromatic N) is 1. The van der Waals surface area contributed by atoms with Crippen molar-refractivity contribution in [2.24, 2.45) is 5.92 Å². The average molecular weight is 374 g/mol. The second kappa shape index (κ2) is 9.46. The smallest absolute Gasteiger partial charge is 0.321 e. The quantitative estimate of drug-likeness (QED) is 0.617. The van der Waals surface area contributed by atoms with Gasteiger partial charge in [0.25, 0.3) is 11.5 Å². The number of rotatable bonds is 7. The molecule has 2 rings (SSSR count). The molecule has 0 fully saturated rings. The maximum atomic E-state index is 12.0. The zero-order valence-corrected chi connectivity index (χ0v) is 15.2. The lowest BCUT2D eigenvalue weighted by molar-refractivity contribution is -0.148. The van der Waals surface area contributed by atoms with Crippen LogP contribution in [0.2, 0.25) is 0 Å². The maximum absolute atomic E-state index is 12.0. The number of amides is 3. The van der Waals surface area contributed by atoms with Gasteiger partial charge < -0.3 is 15.0 Å². The highest BCUT2D eigenvalue weighted by atomic mass is 16.5. The Hall–Kier alpha value is -3.23. The van der Waals surface area contributed by atoms with Crippen LogP contribution in [0.1, 0.15) is 26.1 Å². The number of H-pyrrole nitrogens is 1. The molecule has 2 aromatic rings. The van der Waals surface area contributed by atoms with E-state index in [1.807, 2.05) is 13.8 Å². The minimum absolute atomic E-state index is 0.0614. The molecule has 0 aliphatic rings. The van der Waals surface area contributed by atoms with Crippen molar-refractivity contribution in [1.82, 2.24) is 20.6 Å². The van der Waals surface area contributed by atoms with Crippen molar-refractivity contribution in [3.05, 3.63) is 40.4 Å². The molecule has 9 nitrogen and oxygen atoms in total. The van der Waals surface area contributed by atoms with Gasteiger partial charge in [-0.15, -0.1) is 0 Å². The number of aromatic nitrogens is 2. The number of carbonyl (C=O) groups is 3. The van der Waals surface area contributed by atoms with Gasteiger partial charge in [0, 0.05) is 13.0 Å². The van der Waals surface area contributed by atoms with Crippen molar-refractivity contribution in [1.29, 1.82) is 0 Å². The van der Waals surface area contributed by atoms with Gasteiger partial charge in [-0.3, -0.25) is 19.7 Å². The van der Waals surface area contributed by atoms with Crippen molar-refractivity contribution >= 4 is 28.8 Å². The summed E-state index contributed by atoms with van der Waals surface area (Å²) in [5.41, 5.74) is 0.257. The van der Waals surface area contributed by atoms with Crippen molar-refractivity contribution in [2.45, 2.75) is 26.7 Å². The van der Waals surface area contributed by atoms with Crippen LogP contribution < -0.4 is 16.2 Å². The number of para-hydroxylation sites is 1. The SMILES string of the molecule is CC(C)CNC(=O)NC(=O)COC(=O)CCc1nc2ccccc2c(=O)[nH]1. The molecule has 3 N–H and O–H groups in total. The normalized spacial score (nSPS) is 10.6. The lowest BCUT2D eigenvalue weighted by atomic mass is 10.2. The summed E-state index contributed by atoms with van der Waals surface area (Å²) in [6.45, 7) is 3.70. The highest BCUT2D eigenvalue weighted by molar-refractivity contribution is 5.95. The van der Waals surface area contributed by atoms with Crippen LogP contribution in [-0.2, 0) is 20.7 Å². The zero-order chi connectivity index (χ0) is 19.8. The first-order valence-corrected chi connectivity index (χ1v) is 8.56. The van der Waals surface area contributed by atoms with Gasteiger partial charge in [0.15, 0.2) is 6.61 Å². The van der Waals surface area contributed by atoms with Crippen LogP contribution in [0, 0.1) is 5.92 Å². The molecule has 0 atom stereocenters. The van der Waals surface area contributed by atoms with E-state index in [9.17, 15) is 19.2 Å². The third-order valence-corrected chi connectivity index (χ3v) is 3.52. The van der Waals surface area contributed by atoms with Crippen LogP contribution in [-0.4, -0.2) is 41.0 Å². The van der Waals surface area contributed by atoms with Gasteiger partial charge in [0.1, 0.15) is 5.82 Å². The van der Waals surface area contributed by atoms with E-state index in [4.69, 9.17) is 4.74 Å². The molecule has 0 radical (unpaired) electrons. The summed E-state index contributed by atoms with van der Waals surface area (Å²) in [4.78, 5) is 53.6. The van der Waals surface area contributed by atoms with Crippen molar-refractivity contribution in [3.8, 4) is 0 Å². The molecule has 1 heterocycles. The van der Waals surface area contributed by atoms with Crippen LogP contribution in [0.25, 0.3) is 10.9 Å². The number of benzene rings is 1. The zero-order valence-electron chi connectivity index (χ0n) is 15.2. The Labute approximate surface area is 155 Å². The third-order valence-electron chi connectivity index (χ3n) is 3.52. The predicted octanol–water partition coefficient (Wildman–Crippen LogP) is 0.881. The largest absolute Gasteiger partial charge is 0.456 e. The average Bonchev–Trinajstić information content (AvgIpc) is 2.63. The monoisotopic (exact) mass is 374 g/mol. The summed E-state index contributed by atoms with van der Waals surface area (Å²) in [5, 5.41) is 5.05. The number of imide groups is 1. The lowest BCUT2D eigenvalue weighted by Gasteiger charge is -2.09. The summed E-state index contributed by atoms with van der Waals surface area (Å²) in [6.07, 6.45) is 0.101. The molecule has 0 spiro atoms. The van der Waals surface area contributed by atoms with Crippen LogP contribution in [0.4, 0.5) is 4.79 Å². The summed E-state index contributed by atoms with van der Waals surface area (Å²) in [6, 6.07) is 6.24. The Bertz CT molecular complexity index is 891. The fraction of sp³-hybridized carbons (Fsp3) is 0.389. The molecule has 0 saturated heterocycles. The van der Waals surface area contributed by atoms with Crippen LogP contribution in [0.5, 0.6) is 0 Å². The van der Waals surface area contributed by atoms with E-state index >= 15 is 0 Å². The van der Waals surface area contributed by atoms with E-state index in [0.717, 1.165) is 0 Å². The van der Waals surface area contributed by atoms with Crippen molar-refractivity contribution in [3.63, 3.8) is 0 Å². The van der Waals surface area contributed by atoms with E-state index in [2.05, 4.69) is 20.6 Å². The van der Waals surface area contributed by atoms with Crippen LogP contribution >= 0.6 is 0 Å². The number of aryl methyl sites for hydroxylation is 1. The van der Waals surface area contributed by atoms with E-state index < -0.39 is 24.5 Å². The van der Waals surface area contributed by atoms with E-state index in [1.165, 1.54) is 0 Å². The highest BCUT2D eigenvalue weighted by Crippen LogP contribution is 2.06. The van der Waals surface area contributed by atoms with Crippen molar-refractivity contribution in [2.75, 3.05) is 13.2 Å². The fourth-order valence-electron chi connectivity index (χ4n) is 2.20. The lowest BCUT2D eigenvalue weighted by Crippen LogP contribution is -2.42. The molecule has 27 heavy (non-hydrogen) atoms. The van der Waals surface area contributed by atoms with E-state index in [1.54, 1.807) is 24.3 Å². The molecule has 1 aromatic carbocycles. The van der Waals surface area contributed by atoms with Crippen molar-refractivity contribution < 1.29 is 19.1 Å². The topological polar surface area (TPSA) is 130 Å². The summed E-state index contributed by atoms with van der Waals surface area (Å²) >= 11 is 0. The first kappa shape index (κ1) is 20.1. The molecule has 0 unspecified atom stereocenters. The van der Waals surface area contributed by atoms with E-state index in [-0.39, 0.29) is 24.3 Å². The molecular weight excluding hydrogens is 352 g/mol. The highest BCUT2D eigenvalue weighted by Gasteiger charge is 2.12. The molecule has 0 aliphatic heterocycles. The molecule has 3 amide bonds. The molecule has 1 aromatic heterocycles. The first-order valence-electron chi connectivity index (χ1n) is 8.56. The first-order chi connectivity index (χ1) is 12.8. The second-order valence-corrected chi connectivity index (χ2v) is 6.34. The number of carbonyl (C=O) groups excluding carboxylic acids is 3. The Balaban J connectivity index is 1.77. The Morgan fingerprint density at radius 2 is 1.96 bits per heavy atom. The maximum Gasteiger partial charge on any atom is 0.321 e. The fourth-order valence-corrected chi connectivity index (χ4v) is 2.20. The van der Waals surface area contributed by atoms with E-state index in [0.29, 0.717) is 23.3 Å². The van der Waals surface area contributed by atoms with Gasteiger partial charge in [-0.25, -0.2) is 9.78 Å². The molecule has 144 valence electrons. The minimum atomic E-state index is -0.721. The Morgan fingerprint density at radius 1 is 1.22 bits per heavy atom. The van der Waals surface area contributed by atoms with Gasteiger partial charge in [-0.2, -0.15) is 0 Å². The predicted molar refractivity (Wildman–Crippen MR) is 98.0 cm³/mol. The number of hydrogen-bond acceptors (Lipinski definition) is 6. The summed E-state index contributed by atoms with van der Waals surface area (Å²) in [7, 11) is 0. The Morgan fingerprint density at radius 3 is 2.70 bits per heavy atom. The molecule has 9 heteroatoms. The number of hydrogen-bond donors (Lipinski definition) is 3. The minimum Gasteiger partial charge on any atom is -0.456 e. The third kappa shape index (κ3) is 6.53. The summed E-state index contributed by atoms with van der Waals surface area (Å²) < 4.78 is 4.82. The number of fused-ring (bicyclic) bond motifs is 1. The standard InChI is InChI=1S/C18H22N4O5/c1-11(2)9-19-18(26)22-15(23)10-27-16(24)8-7-14-20-13-6-4-3-5-12(13)17(25)21-14/h3-6,11H,7-10H2,1-2H3,(H,20,21,25)(H2,19,22,23,26). The second-order valence-electron chi connectivity index (χ2n) is 6.34. The van der Waals surface area contributed by atoms with Crippen LogP contribution in [0.3, 0.4) is 0 Å². The molecule has 0 saturated carbocycles. The van der Waals surface area contributed by atoms with Gasteiger partial charge >= 0.3 is 12.0 Å². The molecule has 0 bridgehead atoms. The van der Waals surface area contributed by atoms with Gasteiger partial charge in [-0.1, -0.05) is 26.0 Å². The molecule has 0 aliphatic carbocycles. The van der Waals surface area contributed by atoms with Gasteiger partial charge in [0.2, 0.25) is 0 Å².